The lowest BCUT2D eigenvalue weighted by atomic mass is 10.0. The van der Waals surface area contributed by atoms with Crippen molar-refractivity contribution >= 4 is 0 Å². The molecule has 0 unspecified atom stereocenters. The largest absolute Gasteiger partial charge is 0.326 e. The van der Waals surface area contributed by atoms with Crippen LogP contribution < -0.4 is 5.73 Å². The zero-order chi connectivity index (χ0) is 9.26. The quantitative estimate of drug-likeness (QED) is 0.750. The number of aryl methyl sites for hydroxylation is 1. The molecule has 2 N–H and O–H groups in total. The van der Waals surface area contributed by atoms with E-state index in [4.69, 9.17) is 5.73 Å². The minimum absolute atomic E-state index is 0.671. The molecule has 0 bridgehead atoms. The summed E-state index contributed by atoms with van der Waals surface area (Å²) >= 11 is 0. The van der Waals surface area contributed by atoms with E-state index in [1.165, 1.54) is 36.0 Å². The molecule has 0 atom stereocenters. The van der Waals surface area contributed by atoms with E-state index in [0.717, 1.165) is 5.92 Å². The van der Waals surface area contributed by atoms with Gasteiger partial charge in [0.15, 0.2) is 0 Å². The van der Waals surface area contributed by atoms with E-state index in [1.54, 1.807) is 0 Å². The highest BCUT2D eigenvalue weighted by atomic mass is 14.5. The zero-order valence-corrected chi connectivity index (χ0v) is 8.22. The van der Waals surface area contributed by atoms with Crippen LogP contribution in [0.1, 0.15) is 29.5 Å². The maximum Gasteiger partial charge on any atom is 0.0180 e. The van der Waals surface area contributed by atoms with E-state index in [1.807, 2.05) is 0 Å². The maximum atomic E-state index is 5.67. The summed E-state index contributed by atoms with van der Waals surface area (Å²) in [6.45, 7) is 2.80. The van der Waals surface area contributed by atoms with Crippen molar-refractivity contribution in [3.8, 4) is 0 Å². The van der Waals surface area contributed by atoms with Gasteiger partial charge in [-0.2, -0.15) is 0 Å². The molecule has 0 saturated heterocycles. The van der Waals surface area contributed by atoms with Gasteiger partial charge in [0.25, 0.3) is 0 Å². The summed E-state index contributed by atoms with van der Waals surface area (Å²) in [5.74, 6) is 0.966. The molecule has 1 aromatic carbocycles. The van der Waals surface area contributed by atoms with Crippen LogP contribution in [0.25, 0.3) is 0 Å². The Morgan fingerprint density at radius 2 is 2.15 bits per heavy atom. The first-order valence-corrected chi connectivity index (χ1v) is 5.08. The van der Waals surface area contributed by atoms with Crippen molar-refractivity contribution in [3.63, 3.8) is 0 Å². The fourth-order valence-electron chi connectivity index (χ4n) is 1.73. The summed E-state index contributed by atoms with van der Waals surface area (Å²) in [6.07, 6.45) is 4.10. The summed E-state index contributed by atoms with van der Waals surface area (Å²) in [4.78, 5) is 0. The lowest BCUT2D eigenvalue weighted by Gasteiger charge is -2.06. The molecular formula is C12H17N. The first kappa shape index (κ1) is 8.76. The van der Waals surface area contributed by atoms with Gasteiger partial charge in [-0.25, -0.2) is 0 Å². The molecule has 0 amide bonds. The Balaban J connectivity index is 2.16. The molecule has 1 fully saturated rings. The first-order chi connectivity index (χ1) is 6.29. The van der Waals surface area contributed by atoms with E-state index in [-0.39, 0.29) is 0 Å². The summed E-state index contributed by atoms with van der Waals surface area (Å²) in [5, 5.41) is 0. The number of benzene rings is 1. The van der Waals surface area contributed by atoms with Crippen LogP contribution >= 0.6 is 0 Å². The molecule has 2 rings (SSSR count). The molecule has 70 valence electrons. The third-order valence-corrected chi connectivity index (χ3v) is 2.85. The fraction of sp³-hybridized carbons (Fsp3) is 0.500. The monoisotopic (exact) mass is 175 g/mol. The third kappa shape index (κ3) is 2.10. The van der Waals surface area contributed by atoms with Gasteiger partial charge in [0, 0.05) is 6.54 Å². The normalized spacial score (nSPS) is 16.2. The Labute approximate surface area is 80.0 Å². The molecule has 1 saturated carbocycles. The van der Waals surface area contributed by atoms with Crippen molar-refractivity contribution in [3.05, 3.63) is 34.9 Å². The molecule has 1 aliphatic rings. The van der Waals surface area contributed by atoms with E-state index < -0.39 is 0 Å². The Morgan fingerprint density at radius 1 is 1.38 bits per heavy atom. The van der Waals surface area contributed by atoms with Crippen LogP contribution in [0.5, 0.6) is 0 Å². The third-order valence-electron chi connectivity index (χ3n) is 2.85. The van der Waals surface area contributed by atoms with Gasteiger partial charge >= 0.3 is 0 Å². The molecule has 1 aromatic rings. The molecule has 0 radical (unpaired) electrons. The standard InChI is InChI=1S/C12H17N/c1-9-2-3-11(6-10-4-5-10)7-12(9)8-13/h2-3,7,10H,4-6,8,13H2,1H3. The van der Waals surface area contributed by atoms with Crippen LogP contribution in [0.4, 0.5) is 0 Å². The van der Waals surface area contributed by atoms with Crippen LogP contribution in [-0.2, 0) is 13.0 Å². The summed E-state index contributed by atoms with van der Waals surface area (Å²) < 4.78 is 0. The molecule has 0 heterocycles. The minimum Gasteiger partial charge on any atom is -0.326 e. The highest BCUT2D eigenvalue weighted by molar-refractivity contribution is 5.31. The average Bonchev–Trinajstić information content (AvgIpc) is 2.92. The molecular weight excluding hydrogens is 158 g/mol. The lowest BCUT2D eigenvalue weighted by molar-refractivity contribution is 0.828. The fourth-order valence-corrected chi connectivity index (χ4v) is 1.73. The maximum absolute atomic E-state index is 5.67. The average molecular weight is 175 g/mol. The Hall–Kier alpha value is -0.820. The highest BCUT2D eigenvalue weighted by Gasteiger charge is 2.21. The highest BCUT2D eigenvalue weighted by Crippen LogP contribution is 2.32. The van der Waals surface area contributed by atoms with Crippen molar-refractivity contribution in [1.29, 1.82) is 0 Å². The Bertz CT molecular complexity index is 300. The molecule has 13 heavy (non-hydrogen) atoms. The Morgan fingerprint density at radius 3 is 2.77 bits per heavy atom. The summed E-state index contributed by atoms with van der Waals surface area (Å²) in [7, 11) is 0. The van der Waals surface area contributed by atoms with Crippen LogP contribution in [-0.4, -0.2) is 0 Å². The van der Waals surface area contributed by atoms with Crippen molar-refractivity contribution in [2.75, 3.05) is 0 Å². The summed E-state index contributed by atoms with van der Waals surface area (Å²) in [6, 6.07) is 6.71. The van der Waals surface area contributed by atoms with E-state index in [0.29, 0.717) is 6.54 Å². The number of nitrogens with two attached hydrogens (primary N) is 1. The predicted molar refractivity (Wildman–Crippen MR) is 55.5 cm³/mol. The SMILES string of the molecule is Cc1ccc(CC2CC2)cc1CN. The van der Waals surface area contributed by atoms with E-state index in [2.05, 4.69) is 25.1 Å². The van der Waals surface area contributed by atoms with Crippen LogP contribution in [0.2, 0.25) is 0 Å². The van der Waals surface area contributed by atoms with Gasteiger partial charge in [-0.3, -0.25) is 0 Å². The summed E-state index contributed by atoms with van der Waals surface area (Å²) in [5.41, 5.74) is 9.76. The van der Waals surface area contributed by atoms with E-state index in [9.17, 15) is 0 Å². The molecule has 1 heteroatoms. The Kier molecular flexibility index (Phi) is 2.36. The van der Waals surface area contributed by atoms with Gasteiger partial charge < -0.3 is 5.73 Å². The molecule has 0 aromatic heterocycles. The minimum atomic E-state index is 0.671. The van der Waals surface area contributed by atoms with E-state index >= 15 is 0 Å². The lowest BCUT2D eigenvalue weighted by Crippen LogP contribution is -2.00. The topological polar surface area (TPSA) is 26.0 Å². The zero-order valence-electron chi connectivity index (χ0n) is 8.22. The second-order valence-corrected chi connectivity index (χ2v) is 4.11. The van der Waals surface area contributed by atoms with Crippen molar-refractivity contribution in [1.82, 2.24) is 0 Å². The second-order valence-electron chi connectivity index (χ2n) is 4.11. The van der Waals surface area contributed by atoms with Crippen molar-refractivity contribution in [2.24, 2.45) is 11.7 Å². The first-order valence-electron chi connectivity index (χ1n) is 5.08. The van der Waals surface area contributed by atoms with Crippen LogP contribution in [0, 0.1) is 12.8 Å². The van der Waals surface area contributed by atoms with Crippen LogP contribution in [0.15, 0.2) is 18.2 Å². The van der Waals surface area contributed by atoms with Crippen molar-refractivity contribution in [2.45, 2.75) is 32.7 Å². The van der Waals surface area contributed by atoms with Gasteiger partial charge in [0.2, 0.25) is 0 Å². The number of hydrogen-bond donors (Lipinski definition) is 1. The number of rotatable bonds is 3. The van der Waals surface area contributed by atoms with Gasteiger partial charge in [0.05, 0.1) is 0 Å². The van der Waals surface area contributed by atoms with Gasteiger partial charge in [-0.15, -0.1) is 0 Å². The molecule has 1 nitrogen and oxygen atoms in total. The number of hydrogen-bond acceptors (Lipinski definition) is 1. The van der Waals surface area contributed by atoms with Crippen molar-refractivity contribution < 1.29 is 0 Å². The second kappa shape index (κ2) is 3.51. The van der Waals surface area contributed by atoms with Crippen LogP contribution in [0.3, 0.4) is 0 Å². The van der Waals surface area contributed by atoms with Gasteiger partial charge in [-0.1, -0.05) is 18.2 Å². The van der Waals surface area contributed by atoms with Gasteiger partial charge in [0.1, 0.15) is 0 Å². The molecule has 1 aliphatic carbocycles. The molecule has 0 spiro atoms. The predicted octanol–water partition coefficient (Wildman–Crippen LogP) is 2.41. The van der Waals surface area contributed by atoms with Gasteiger partial charge in [-0.05, 0) is 48.8 Å². The smallest absolute Gasteiger partial charge is 0.0180 e. The molecule has 0 aliphatic heterocycles.